The van der Waals surface area contributed by atoms with Gasteiger partial charge in [-0.2, -0.15) is 0 Å². The second kappa shape index (κ2) is 10.6. The number of rotatable bonds is 5. The summed E-state index contributed by atoms with van der Waals surface area (Å²) in [5, 5.41) is 0.459. The van der Waals surface area contributed by atoms with Crippen molar-refractivity contribution in [3.05, 3.63) is 58.8 Å². The number of benzene rings is 2. The van der Waals surface area contributed by atoms with E-state index in [9.17, 15) is 21.1 Å². The van der Waals surface area contributed by atoms with E-state index in [0.29, 0.717) is 28.5 Å². The van der Waals surface area contributed by atoms with Crippen LogP contribution in [0.1, 0.15) is 82.3 Å². The van der Waals surface area contributed by atoms with Crippen LogP contribution in [0.5, 0.6) is 5.75 Å². The Morgan fingerprint density at radius 2 is 1.88 bits per heavy atom. The SMILES string of the molecule is [2H]C([2H])(c1c(OC)cc(C)c2c1ccn2C(=O)OC(C)(C)C)N1CCC2(CC1c1ccc(C(=O)OC)cc1N)CC(F)(F)C2. The molecule has 5 rings (SSSR count). The van der Waals surface area contributed by atoms with Gasteiger partial charge in [-0.05, 0) is 87.9 Å². The third kappa shape index (κ3) is 5.56. The largest absolute Gasteiger partial charge is 0.496 e. The molecule has 1 spiro atoms. The molecule has 0 amide bonds. The summed E-state index contributed by atoms with van der Waals surface area (Å²) in [6, 6.07) is 7.31. The summed E-state index contributed by atoms with van der Waals surface area (Å²) < 4.78 is 65.2. The molecule has 42 heavy (non-hydrogen) atoms. The lowest BCUT2D eigenvalue weighted by molar-refractivity contribution is -0.186. The number of aryl methyl sites for hydroxylation is 1. The van der Waals surface area contributed by atoms with E-state index >= 15 is 0 Å². The van der Waals surface area contributed by atoms with Gasteiger partial charge in [0.2, 0.25) is 5.92 Å². The Balaban J connectivity index is 1.64. The maximum absolute atomic E-state index is 14.2. The number of hydrogen-bond donors (Lipinski definition) is 1. The van der Waals surface area contributed by atoms with E-state index in [1.165, 1.54) is 24.9 Å². The normalized spacial score (nSPS) is 20.9. The Morgan fingerprint density at radius 1 is 1.17 bits per heavy atom. The fourth-order valence-corrected chi connectivity index (χ4v) is 6.43. The average molecular weight is 586 g/mol. The molecule has 2 fully saturated rings. The number of fused-ring (bicyclic) bond motifs is 1. The topological polar surface area (TPSA) is 96.0 Å². The number of ether oxygens (including phenoxy) is 3. The van der Waals surface area contributed by atoms with E-state index in [1.54, 1.807) is 63.1 Å². The number of carbonyl (C=O) groups excluding carboxylic acids is 2. The van der Waals surface area contributed by atoms with Gasteiger partial charge >= 0.3 is 12.1 Å². The zero-order valence-electron chi connectivity index (χ0n) is 26.8. The molecule has 1 aliphatic carbocycles. The smallest absolute Gasteiger partial charge is 0.419 e. The third-order valence-electron chi connectivity index (χ3n) is 8.21. The first kappa shape index (κ1) is 27.2. The number of alkyl halides is 2. The van der Waals surface area contributed by atoms with Crippen molar-refractivity contribution in [1.82, 2.24) is 9.47 Å². The van der Waals surface area contributed by atoms with Crippen molar-refractivity contribution in [3.63, 3.8) is 0 Å². The Bertz CT molecular complexity index is 1620. The number of nitrogens with two attached hydrogens (primary N) is 1. The lowest BCUT2D eigenvalue weighted by Gasteiger charge is -2.55. The van der Waals surface area contributed by atoms with Gasteiger partial charge in [-0.1, -0.05) is 6.07 Å². The second-order valence-corrected chi connectivity index (χ2v) is 12.5. The Morgan fingerprint density at radius 3 is 2.48 bits per heavy atom. The molecule has 226 valence electrons. The van der Waals surface area contributed by atoms with Crippen LogP contribution in [0.25, 0.3) is 10.9 Å². The molecule has 10 heteroatoms. The van der Waals surface area contributed by atoms with E-state index in [0.717, 1.165) is 0 Å². The highest BCUT2D eigenvalue weighted by atomic mass is 19.3. The zero-order valence-corrected chi connectivity index (χ0v) is 24.8. The van der Waals surface area contributed by atoms with Gasteiger partial charge in [0.05, 0.1) is 25.3 Å². The van der Waals surface area contributed by atoms with Crippen molar-refractivity contribution in [1.29, 1.82) is 0 Å². The number of piperidine rings is 1. The average Bonchev–Trinajstić information content (AvgIpc) is 3.35. The van der Waals surface area contributed by atoms with Crippen LogP contribution >= 0.6 is 0 Å². The first-order chi connectivity index (χ1) is 20.4. The van der Waals surface area contributed by atoms with Crippen molar-refractivity contribution < 1.29 is 35.3 Å². The van der Waals surface area contributed by atoms with E-state index in [-0.39, 0.29) is 48.4 Å². The molecular formula is C32H39F2N3O5. The zero-order chi connectivity index (χ0) is 32.4. The number of methoxy groups -OCH3 is 2. The van der Waals surface area contributed by atoms with E-state index in [2.05, 4.69) is 0 Å². The van der Waals surface area contributed by atoms with Crippen LogP contribution < -0.4 is 10.5 Å². The van der Waals surface area contributed by atoms with Crippen LogP contribution in [-0.2, 0) is 16.0 Å². The first-order valence-electron chi connectivity index (χ1n) is 15.0. The number of nitrogen functional groups attached to an aromatic ring is 1. The summed E-state index contributed by atoms with van der Waals surface area (Å²) in [6.07, 6.45) is 1.02. The van der Waals surface area contributed by atoms with E-state index < -0.39 is 41.5 Å². The van der Waals surface area contributed by atoms with Crippen LogP contribution in [0.4, 0.5) is 19.3 Å². The van der Waals surface area contributed by atoms with Crippen LogP contribution in [0.2, 0.25) is 0 Å². The number of aromatic nitrogens is 1. The second-order valence-electron chi connectivity index (χ2n) is 12.5. The molecule has 1 saturated carbocycles. The molecule has 2 N–H and O–H groups in total. The highest BCUT2D eigenvalue weighted by molar-refractivity contribution is 5.95. The number of anilines is 1. The maximum atomic E-state index is 14.2. The van der Waals surface area contributed by atoms with E-state index in [1.807, 2.05) is 0 Å². The number of nitrogens with zero attached hydrogens (tertiary/aromatic N) is 2. The highest BCUT2D eigenvalue weighted by Crippen LogP contribution is 2.61. The molecule has 0 radical (unpaired) electrons. The minimum Gasteiger partial charge on any atom is -0.496 e. The number of carbonyl (C=O) groups is 2. The van der Waals surface area contributed by atoms with Crippen molar-refractivity contribution in [2.75, 3.05) is 26.5 Å². The van der Waals surface area contributed by atoms with Gasteiger partial charge in [0.1, 0.15) is 11.4 Å². The summed E-state index contributed by atoms with van der Waals surface area (Å²) in [6.45, 7) is 5.06. The third-order valence-corrected chi connectivity index (χ3v) is 8.21. The molecule has 2 heterocycles. The van der Waals surface area contributed by atoms with Crippen molar-refractivity contribution in [2.45, 2.75) is 77.4 Å². The first-order valence-corrected chi connectivity index (χ1v) is 14.0. The molecule has 1 aliphatic heterocycles. The molecule has 2 aromatic carbocycles. The summed E-state index contributed by atoms with van der Waals surface area (Å²) >= 11 is 0. The molecule has 2 aliphatic rings. The highest BCUT2D eigenvalue weighted by Gasteiger charge is 2.58. The van der Waals surface area contributed by atoms with Crippen molar-refractivity contribution >= 4 is 28.7 Å². The number of hydrogen-bond acceptors (Lipinski definition) is 7. The monoisotopic (exact) mass is 585 g/mol. The van der Waals surface area contributed by atoms with Gasteiger partial charge in [-0.25, -0.2) is 18.4 Å². The Labute approximate surface area is 247 Å². The number of esters is 1. The molecule has 8 nitrogen and oxygen atoms in total. The molecule has 3 aromatic rings. The summed E-state index contributed by atoms with van der Waals surface area (Å²) in [5.41, 5.74) is 7.40. The van der Waals surface area contributed by atoms with Gasteiger partial charge < -0.3 is 19.9 Å². The molecule has 0 bridgehead atoms. The van der Waals surface area contributed by atoms with E-state index in [4.69, 9.17) is 19.9 Å². The quantitative estimate of drug-likeness (QED) is 0.258. The van der Waals surface area contributed by atoms with Crippen LogP contribution in [0.15, 0.2) is 36.5 Å². The van der Waals surface area contributed by atoms with Crippen LogP contribution in [0.3, 0.4) is 0 Å². The molecule has 1 aromatic heterocycles. The molecule has 1 unspecified atom stereocenters. The van der Waals surface area contributed by atoms with Gasteiger partial charge in [0.25, 0.3) is 0 Å². The molecule has 1 saturated heterocycles. The number of likely N-dealkylation sites (tertiary alicyclic amines) is 1. The Hall–Kier alpha value is -3.66. The summed E-state index contributed by atoms with van der Waals surface area (Å²) in [4.78, 5) is 26.9. The Kier molecular flexibility index (Phi) is 6.84. The minimum absolute atomic E-state index is 0.164. The lowest BCUT2D eigenvalue weighted by Crippen LogP contribution is -2.53. The molecule has 1 atom stereocenters. The van der Waals surface area contributed by atoms with Gasteiger partial charge in [-0.3, -0.25) is 9.47 Å². The van der Waals surface area contributed by atoms with Crippen LogP contribution in [-0.4, -0.2) is 53.8 Å². The summed E-state index contributed by atoms with van der Waals surface area (Å²) in [7, 11) is 2.71. The van der Waals surface area contributed by atoms with Crippen molar-refractivity contribution in [2.24, 2.45) is 5.41 Å². The fraction of sp³-hybridized carbons (Fsp3) is 0.500. The maximum Gasteiger partial charge on any atom is 0.419 e. The van der Waals surface area contributed by atoms with Gasteiger partial charge in [0.15, 0.2) is 0 Å². The fourth-order valence-electron chi connectivity index (χ4n) is 6.43. The predicted octanol–water partition coefficient (Wildman–Crippen LogP) is 6.86. The van der Waals surface area contributed by atoms with Crippen molar-refractivity contribution in [3.8, 4) is 5.75 Å². The summed E-state index contributed by atoms with van der Waals surface area (Å²) in [5.74, 6) is -3.05. The van der Waals surface area contributed by atoms with Crippen LogP contribution in [0, 0.1) is 12.3 Å². The lowest BCUT2D eigenvalue weighted by atomic mass is 9.59. The predicted molar refractivity (Wildman–Crippen MR) is 156 cm³/mol. The standard InChI is InChI=1S/C32H39F2N3O5/c1-19-13-26(40-5)23(21-9-11-37(27(19)21)29(39)42-30(2,3)4)16-36-12-10-31(17-32(33,34)18-31)15-25(36)22-8-7-20(14-24(22)35)28(38)41-6/h7-9,11,13-14,25H,10,12,15-18,35H2,1-6H3/i16D2. The molecular weight excluding hydrogens is 544 g/mol. The minimum atomic E-state index is -2.76. The van der Waals surface area contributed by atoms with Gasteiger partial charge in [0, 0.05) is 51.0 Å². The van der Waals surface area contributed by atoms with Gasteiger partial charge in [-0.15, -0.1) is 0 Å². The number of halogens is 2.